The molecular weight excluding hydrogens is 278 g/mol. The fourth-order valence-electron chi connectivity index (χ4n) is 1.57. The SMILES string of the molecule is CCC/C(=N\O[Si](C)(C)C(C)(C)C)c1ccc(OC)cc1. The lowest BCUT2D eigenvalue weighted by Crippen LogP contribution is -2.39. The first-order valence-corrected chi connectivity index (χ1v) is 10.5. The van der Waals surface area contributed by atoms with Crippen molar-refractivity contribution in [3.05, 3.63) is 29.8 Å². The quantitative estimate of drug-likeness (QED) is 0.410. The smallest absolute Gasteiger partial charge is 0.286 e. The first kappa shape index (κ1) is 17.8. The van der Waals surface area contributed by atoms with E-state index in [9.17, 15) is 0 Å². The van der Waals surface area contributed by atoms with E-state index in [4.69, 9.17) is 9.26 Å². The van der Waals surface area contributed by atoms with E-state index in [0.717, 1.165) is 29.9 Å². The Balaban J connectivity index is 2.97. The second-order valence-electron chi connectivity index (χ2n) is 6.87. The van der Waals surface area contributed by atoms with E-state index in [1.165, 1.54) is 0 Å². The van der Waals surface area contributed by atoms with Crippen LogP contribution in [0.1, 0.15) is 46.1 Å². The average Bonchev–Trinajstić information content (AvgIpc) is 2.42. The molecule has 0 spiro atoms. The molecule has 0 bridgehead atoms. The Bertz CT molecular complexity index is 473. The van der Waals surface area contributed by atoms with Crippen LogP contribution in [0.2, 0.25) is 18.1 Å². The number of benzene rings is 1. The third-order valence-electron chi connectivity index (χ3n) is 4.10. The fourth-order valence-corrected chi connectivity index (χ4v) is 2.18. The molecule has 4 heteroatoms. The zero-order valence-electron chi connectivity index (χ0n) is 14.5. The summed E-state index contributed by atoms with van der Waals surface area (Å²) in [5, 5.41) is 4.68. The van der Waals surface area contributed by atoms with Gasteiger partial charge in [0.1, 0.15) is 5.75 Å². The van der Waals surface area contributed by atoms with E-state index in [0.29, 0.717) is 0 Å². The largest absolute Gasteiger partial charge is 0.497 e. The fraction of sp³-hybridized carbons (Fsp3) is 0.588. The van der Waals surface area contributed by atoms with Gasteiger partial charge in [-0.15, -0.1) is 5.16 Å². The highest BCUT2D eigenvalue weighted by Gasteiger charge is 2.39. The average molecular weight is 308 g/mol. The summed E-state index contributed by atoms with van der Waals surface area (Å²) < 4.78 is 11.2. The van der Waals surface area contributed by atoms with Gasteiger partial charge in [-0.05, 0) is 54.4 Å². The van der Waals surface area contributed by atoms with Gasteiger partial charge in [-0.2, -0.15) is 0 Å². The van der Waals surface area contributed by atoms with E-state index in [-0.39, 0.29) is 5.04 Å². The van der Waals surface area contributed by atoms with Gasteiger partial charge in [0.15, 0.2) is 0 Å². The molecule has 0 unspecified atom stereocenters. The van der Waals surface area contributed by atoms with Gasteiger partial charge in [0, 0.05) is 0 Å². The Morgan fingerprint density at radius 2 is 1.71 bits per heavy atom. The number of rotatable bonds is 6. The lowest BCUT2D eigenvalue weighted by atomic mass is 10.1. The molecule has 21 heavy (non-hydrogen) atoms. The molecule has 0 radical (unpaired) electrons. The summed E-state index contributed by atoms with van der Waals surface area (Å²) in [6.07, 6.45) is 1.96. The number of nitrogens with zero attached hydrogens (tertiary/aromatic N) is 1. The summed E-state index contributed by atoms with van der Waals surface area (Å²) in [5.74, 6) is 0.861. The van der Waals surface area contributed by atoms with E-state index < -0.39 is 8.32 Å². The van der Waals surface area contributed by atoms with Crippen LogP contribution in [0.5, 0.6) is 5.75 Å². The third-order valence-corrected chi connectivity index (χ3v) is 8.26. The maximum atomic E-state index is 6.02. The van der Waals surface area contributed by atoms with Gasteiger partial charge in [-0.3, -0.25) is 0 Å². The predicted octanol–water partition coefficient (Wildman–Crippen LogP) is 5.22. The lowest BCUT2D eigenvalue weighted by molar-refractivity contribution is 0.307. The molecule has 1 rings (SSSR count). The summed E-state index contributed by atoms with van der Waals surface area (Å²) >= 11 is 0. The first-order chi connectivity index (χ1) is 9.71. The number of oxime groups is 1. The van der Waals surface area contributed by atoms with Crippen molar-refractivity contribution in [3.8, 4) is 5.75 Å². The van der Waals surface area contributed by atoms with Crippen LogP contribution in [0.4, 0.5) is 0 Å². The highest BCUT2D eigenvalue weighted by molar-refractivity contribution is 6.74. The van der Waals surface area contributed by atoms with Gasteiger partial charge in [-0.25, -0.2) is 0 Å². The summed E-state index contributed by atoms with van der Waals surface area (Å²) in [4.78, 5) is 0. The summed E-state index contributed by atoms with van der Waals surface area (Å²) in [5.41, 5.74) is 2.13. The molecular formula is C17H29NO2Si. The molecule has 0 fully saturated rings. The predicted molar refractivity (Wildman–Crippen MR) is 92.7 cm³/mol. The molecule has 0 heterocycles. The normalized spacial score (nSPS) is 13.2. The molecule has 0 aliphatic heterocycles. The van der Waals surface area contributed by atoms with Gasteiger partial charge in [0.25, 0.3) is 8.32 Å². The zero-order chi connectivity index (χ0) is 16.1. The Kier molecular flexibility index (Phi) is 6.02. The van der Waals surface area contributed by atoms with Crippen molar-refractivity contribution >= 4 is 14.0 Å². The third kappa shape index (κ3) is 4.88. The van der Waals surface area contributed by atoms with Crippen molar-refractivity contribution in [3.63, 3.8) is 0 Å². The number of methoxy groups -OCH3 is 1. The van der Waals surface area contributed by atoms with Gasteiger partial charge in [0.05, 0.1) is 12.8 Å². The minimum atomic E-state index is -1.86. The Morgan fingerprint density at radius 1 is 1.14 bits per heavy atom. The number of hydrogen-bond donors (Lipinski definition) is 0. The van der Waals surface area contributed by atoms with E-state index >= 15 is 0 Å². The molecule has 0 amide bonds. The molecule has 1 aromatic carbocycles. The van der Waals surface area contributed by atoms with Crippen molar-refractivity contribution in [2.75, 3.05) is 7.11 Å². The minimum Gasteiger partial charge on any atom is -0.497 e. The Morgan fingerprint density at radius 3 is 2.14 bits per heavy atom. The molecule has 0 saturated heterocycles. The van der Waals surface area contributed by atoms with Gasteiger partial charge in [-0.1, -0.05) is 34.1 Å². The molecule has 0 N–H and O–H groups in total. The highest BCUT2D eigenvalue weighted by atomic mass is 28.4. The Hall–Kier alpha value is -1.29. The van der Waals surface area contributed by atoms with Crippen LogP contribution in [0.15, 0.2) is 29.4 Å². The summed E-state index contributed by atoms with van der Waals surface area (Å²) in [6, 6.07) is 8.02. The van der Waals surface area contributed by atoms with Crippen LogP contribution in [0.3, 0.4) is 0 Å². The maximum absolute atomic E-state index is 6.02. The topological polar surface area (TPSA) is 30.8 Å². The molecule has 0 aliphatic rings. The molecule has 3 nitrogen and oxygen atoms in total. The number of hydrogen-bond acceptors (Lipinski definition) is 3. The molecule has 1 aromatic rings. The van der Waals surface area contributed by atoms with Crippen molar-refractivity contribution in [2.24, 2.45) is 5.16 Å². The molecule has 0 saturated carbocycles. The van der Waals surface area contributed by atoms with Crippen molar-refractivity contribution in [2.45, 2.75) is 58.7 Å². The van der Waals surface area contributed by atoms with Gasteiger partial charge in [0.2, 0.25) is 0 Å². The van der Waals surface area contributed by atoms with Gasteiger partial charge >= 0.3 is 0 Å². The van der Waals surface area contributed by atoms with Crippen LogP contribution in [0.25, 0.3) is 0 Å². The molecule has 0 aromatic heterocycles. The molecule has 0 aliphatic carbocycles. The van der Waals surface area contributed by atoms with Crippen molar-refractivity contribution in [1.29, 1.82) is 0 Å². The first-order valence-electron chi connectivity index (χ1n) is 7.60. The monoisotopic (exact) mass is 307 g/mol. The summed E-state index contributed by atoms with van der Waals surface area (Å²) in [7, 11) is -0.182. The maximum Gasteiger partial charge on any atom is 0.286 e. The van der Waals surface area contributed by atoms with Crippen molar-refractivity contribution in [1.82, 2.24) is 0 Å². The highest BCUT2D eigenvalue weighted by Crippen LogP contribution is 2.36. The van der Waals surface area contributed by atoms with Gasteiger partial charge < -0.3 is 9.26 Å². The van der Waals surface area contributed by atoms with E-state index in [1.807, 2.05) is 24.3 Å². The second kappa shape index (κ2) is 7.12. The Labute approximate surface area is 130 Å². The second-order valence-corrected chi connectivity index (χ2v) is 11.6. The van der Waals surface area contributed by atoms with E-state index in [1.54, 1.807) is 7.11 Å². The summed E-state index contributed by atoms with van der Waals surface area (Å²) in [6.45, 7) is 13.3. The van der Waals surface area contributed by atoms with Crippen LogP contribution < -0.4 is 4.74 Å². The molecule has 0 atom stereocenters. The van der Waals surface area contributed by atoms with E-state index in [2.05, 4.69) is 45.9 Å². The van der Waals surface area contributed by atoms with Crippen LogP contribution in [-0.4, -0.2) is 21.1 Å². The van der Waals surface area contributed by atoms with Crippen LogP contribution in [-0.2, 0) is 4.53 Å². The van der Waals surface area contributed by atoms with Crippen LogP contribution >= 0.6 is 0 Å². The van der Waals surface area contributed by atoms with Crippen molar-refractivity contribution < 1.29 is 9.26 Å². The number of ether oxygens (including phenoxy) is 1. The molecule has 118 valence electrons. The minimum absolute atomic E-state index is 0.160. The lowest BCUT2D eigenvalue weighted by Gasteiger charge is -2.33. The standard InChI is InChI=1S/C17H29NO2Si/c1-8-9-16(14-10-12-15(19-5)13-11-14)18-20-21(6,7)17(2,3)4/h10-13H,8-9H2,1-7H3/b18-16+. The zero-order valence-corrected chi connectivity index (χ0v) is 15.5. The van der Waals surface area contributed by atoms with Crippen LogP contribution in [0, 0.1) is 0 Å².